The number of rotatable bonds is 2. The molecule has 1 atom stereocenters. The molecule has 0 fully saturated rings. The van der Waals surface area contributed by atoms with Crippen molar-refractivity contribution >= 4 is 11.6 Å². The number of aryl methyl sites for hydroxylation is 1. The first-order valence-corrected chi connectivity index (χ1v) is 4.41. The van der Waals surface area contributed by atoms with Crippen LogP contribution in [0.3, 0.4) is 0 Å². The van der Waals surface area contributed by atoms with E-state index < -0.39 is 0 Å². The monoisotopic (exact) mass is 194 g/mol. The van der Waals surface area contributed by atoms with Crippen LogP contribution in [0.1, 0.15) is 23.6 Å². The van der Waals surface area contributed by atoms with Gasteiger partial charge in [0.15, 0.2) is 0 Å². The summed E-state index contributed by atoms with van der Waals surface area (Å²) in [5, 5.41) is 9.20. The molecule has 0 bridgehead atoms. The van der Waals surface area contributed by atoms with Crippen LogP contribution in [0.5, 0.6) is 0 Å². The molecule has 1 aromatic rings. The summed E-state index contributed by atoms with van der Waals surface area (Å²) in [5.74, 6) is 0. The van der Waals surface area contributed by atoms with Crippen molar-refractivity contribution in [2.24, 2.45) is 5.73 Å². The number of halogens is 1. The molecule has 2 N–H and O–H groups in total. The van der Waals surface area contributed by atoms with Crippen LogP contribution in [0, 0.1) is 18.3 Å². The fraction of sp³-hybridized carbons (Fsp3) is 0.300. The van der Waals surface area contributed by atoms with Crippen LogP contribution < -0.4 is 5.73 Å². The predicted octanol–water partition coefficient (Wildman–Crippen LogP) is 2.56. The van der Waals surface area contributed by atoms with Crippen molar-refractivity contribution in [3.05, 3.63) is 34.3 Å². The van der Waals surface area contributed by atoms with Gasteiger partial charge in [0.05, 0.1) is 12.5 Å². The lowest BCUT2D eigenvalue weighted by Crippen LogP contribution is -2.09. The summed E-state index contributed by atoms with van der Waals surface area (Å²) in [7, 11) is 0. The summed E-state index contributed by atoms with van der Waals surface area (Å²) in [5.41, 5.74) is 7.71. The van der Waals surface area contributed by atoms with Crippen molar-refractivity contribution < 1.29 is 0 Å². The Labute approximate surface area is 82.9 Å². The first kappa shape index (κ1) is 10.0. The SMILES string of the molecule is Cc1cc(C(N)CC#N)ccc1Cl. The number of nitrogens with two attached hydrogens (primary N) is 1. The number of benzene rings is 1. The van der Waals surface area contributed by atoms with Crippen molar-refractivity contribution in [1.29, 1.82) is 5.26 Å². The molecule has 0 aliphatic carbocycles. The highest BCUT2D eigenvalue weighted by molar-refractivity contribution is 6.31. The number of hydrogen-bond donors (Lipinski definition) is 1. The van der Waals surface area contributed by atoms with Gasteiger partial charge in [0, 0.05) is 11.1 Å². The minimum atomic E-state index is -0.207. The Kier molecular flexibility index (Phi) is 3.30. The molecular formula is C10H11ClN2. The van der Waals surface area contributed by atoms with Gasteiger partial charge in [0.1, 0.15) is 0 Å². The Hall–Kier alpha value is -1.04. The van der Waals surface area contributed by atoms with Crippen molar-refractivity contribution in [2.75, 3.05) is 0 Å². The molecule has 13 heavy (non-hydrogen) atoms. The predicted molar refractivity (Wildman–Crippen MR) is 53.3 cm³/mol. The van der Waals surface area contributed by atoms with Gasteiger partial charge < -0.3 is 5.73 Å². The second-order valence-corrected chi connectivity index (χ2v) is 3.38. The van der Waals surface area contributed by atoms with E-state index in [1.54, 1.807) is 0 Å². The van der Waals surface area contributed by atoms with Crippen molar-refractivity contribution in [1.82, 2.24) is 0 Å². The molecule has 3 heteroatoms. The van der Waals surface area contributed by atoms with Gasteiger partial charge in [-0.2, -0.15) is 5.26 Å². The summed E-state index contributed by atoms with van der Waals surface area (Å²) in [6.07, 6.45) is 0.334. The van der Waals surface area contributed by atoms with E-state index in [1.807, 2.05) is 31.2 Å². The van der Waals surface area contributed by atoms with Crippen LogP contribution in [0.15, 0.2) is 18.2 Å². The Balaban J connectivity index is 2.91. The van der Waals surface area contributed by atoms with Crippen molar-refractivity contribution in [3.63, 3.8) is 0 Å². The highest BCUT2D eigenvalue weighted by Crippen LogP contribution is 2.20. The average Bonchev–Trinajstić information content (AvgIpc) is 2.10. The standard InChI is InChI=1S/C10H11ClN2/c1-7-6-8(2-3-9(7)11)10(13)4-5-12/h2-3,6,10H,4,13H2,1H3. The highest BCUT2D eigenvalue weighted by Gasteiger charge is 2.06. The number of nitrogens with zero attached hydrogens (tertiary/aromatic N) is 1. The summed E-state index contributed by atoms with van der Waals surface area (Å²) in [4.78, 5) is 0. The zero-order valence-corrected chi connectivity index (χ0v) is 8.17. The molecule has 0 spiro atoms. The largest absolute Gasteiger partial charge is 0.323 e. The molecule has 1 unspecified atom stereocenters. The molecule has 0 radical (unpaired) electrons. The van der Waals surface area contributed by atoms with Crippen LogP contribution >= 0.6 is 11.6 Å². The van der Waals surface area contributed by atoms with Crippen LogP contribution in [-0.2, 0) is 0 Å². The Morgan fingerprint density at radius 1 is 1.62 bits per heavy atom. The summed E-state index contributed by atoms with van der Waals surface area (Å²) in [6.45, 7) is 1.92. The van der Waals surface area contributed by atoms with Crippen LogP contribution in [0.25, 0.3) is 0 Å². The van der Waals surface area contributed by atoms with E-state index in [9.17, 15) is 0 Å². The molecule has 0 aromatic heterocycles. The van der Waals surface area contributed by atoms with E-state index in [2.05, 4.69) is 0 Å². The Bertz CT molecular complexity index is 341. The van der Waals surface area contributed by atoms with E-state index in [-0.39, 0.29) is 6.04 Å². The maximum absolute atomic E-state index is 8.47. The molecule has 2 nitrogen and oxygen atoms in total. The van der Waals surface area contributed by atoms with Gasteiger partial charge in [-0.1, -0.05) is 23.7 Å². The summed E-state index contributed by atoms with van der Waals surface area (Å²) < 4.78 is 0. The smallest absolute Gasteiger partial charge is 0.0641 e. The molecule has 1 rings (SSSR count). The Morgan fingerprint density at radius 3 is 2.85 bits per heavy atom. The minimum absolute atomic E-state index is 0.207. The lowest BCUT2D eigenvalue weighted by Gasteiger charge is -2.08. The molecule has 0 saturated heterocycles. The molecule has 0 aliphatic heterocycles. The van der Waals surface area contributed by atoms with Crippen molar-refractivity contribution in [2.45, 2.75) is 19.4 Å². The molecular weight excluding hydrogens is 184 g/mol. The van der Waals surface area contributed by atoms with E-state index in [0.29, 0.717) is 6.42 Å². The molecule has 0 aliphatic rings. The molecule has 0 heterocycles. The zero-order valence-electron chi connectivity index (χ0n) is 7.42. The van der Waals surface area contributed by atoms with Crippen LogP contribution in [-0.4, -0.2) is 0 Å². The van der Waals surface area contributed by atoms with E-state index in [0.717, 1.165) is 16.1 Å². The maximum atomic E-state index is 8.47. The second-order valence-electron chi connectivity index (χ2n) is 2.98. The van der Waals surface area contributed by atoms with Gasteiger partial charge in [-0.3, -0.25) is 0 Å². The summed E-state index contributed by atoms with van der Waals surface area (Å²) >= 11 is 5.86. The normalized spacial score (nSPS) is 12.2. The van der Waals surface area contributed by atoms with Gasteiger partial charge >= 0.3 is 0 Å². The summed E-state index contributed by atoms with van der Waals surface area (Å²) in [6, 6.07) is 7.42. The lowest BCUT2D eigenvalue weighted by molar-refractivity contribution is 0.748. The minimum Gasteiger partial charge on any atom is -0.323 e. The van der Waals surface area contributed by atoms with Gasteiger partial charge in [0.2, 0.25) is 0 Å². The van der Waals surface area contributed by atoms with Gasteiger partial charge in [0.25, 0.3) is 0 Å². The second kappa shape index (κ2) is 4.27. The number of nitriles is 1. The topological polar surface area (TPSA) is 49.8 Å². The maximum Gasteiger partial charge on any atom is 0.0641 e. The molecule has 0 saturated carbocycles. The van der Waals surface area contributed by atoms with E-state index >= 15 is 0 Å². The number of hydrogen-bond acceptors (Lipinski definition) is 2. The molecule has 68 valence electrons. The first-order valence-electron chi connectivity index (χ1n) is 4.03. The van der Waals surface area contributed by atoms with E-state index in [4.69, 9.17) is 22.6 Å². The van der Waals surface area contributed by atoms with Gasteiger partial charge in [-0.05, 0) is 24.1 Å². The van der Waals surface area contributed by atoms with Crippen LogP contribution in [0.4, 0.5) is 0 Å². The van der Waals surface area contributed by atoms with Crippen LogP contribution in [0.2, 0.25) is 5.02 Å². The third-order valence-electron chi connectivity index (χ3n) is 1.92. The fourth-order valence-electron chi connectivity index (χ4n) is 1.11. The molecule has 0 amide bonds. The highest BCUT2D eigenvalue weighted by atomic mass is 35.5. The fourth-order valence-corrected chi connectivity index (χ4v) is 1.23. The zero-order chi connectivity index (χ0) is 9.84. The third-order valence-corrected chi connectivity index (χ3v) is 2.35. The Morgan fingerprint density at radius 2 is 2.31 bits per heavy atom. The first-order chi connectivity index (χ1) is 6.15. The lowest BCUT2D eigenvalue weighted by atomic mass is 10.0. The van der Waals surface area contributed by atoms with E-state index in [1.165, 1.54) is 0 Å². The molecule has 1 aromatic carbocycles. The third kappa shape index (κ3) is 2.45. The quantitative estimate of drug-likeness (QED) is 0.787. The average molecular weight is 195 g/mol. The van der Waals surface area contributed by atoms with Crippen molar-refractivity contribution in [3.8, 4) is 6.07 Å². The van der Waals surface area contributed by atoms with Gasteiger partial charge in [-0.15, -0.1) is 0 Å². The van der Waals surface area contributed by atoms with Gasteiger partial charge in [-0.25, -0.2) is 0 Å².